The van der Waals surface area contributed by atoms with E-state index in [1.807, 2.05) is 48.5 Å². The van der Waals surface area contributed by atoms with Gasteiger partial charge in [0.2, 0.25) is 5.91 Å². The third-order valence-electron chi connectivity index (χ3n) is 4.29. The lowest BCUT2D eigenvalue weighted by Crippen LogP contribution is -2.53. The van der Waals surface area contributed by atoms with Crippen molar-refractivity contribution in [3.63, 3.8) is 0 Å². The van der Waals surface area contributed by atoms with Gasteiger partial charge >= 0.3 is 0 Å². The van der Waals surface area contributed by atoms with Crippen LogP contribution in [0.2, 0.25) is 0 Å². The highest BCUT2D eigenvalue weighted by molar-refractivity contribution is 5.86. The van der Waals surface area contributed by atoms with Crippen LogP contribution >= 0.6 is 0 Å². The van der Waals surface area contributed by atoms with Gasteiger partial charge in [0.1, 0.15) is 6.61 Å². The number of benzene rings is 1. The molecule has 1 fully saturated rings. The lowest BCUT2D eigenvalue weighted by Gasteiger charge is -2.38. The number of carbonyl (C=O) groups excluding carboxylic acids is 2. The SMILES string of the molecule is CN1C(=O)CO[C@@H](C(=O)NCCc2ccccn2)[C@@H]1c1ccccc1. The smallest absolute Gasteiger partial charge is 0.251 e. The summed E-state index contributed by atoms with van der Waals surface area (Å²) in [7, 11) is 1.71. The van der Waals surface area contributed by atoms with Crippen molar-refractivity contribution < 1.29 is 14.3 Å². The fourth-order valence-corrected chi connectivity index (χ4v) is 2.94. The van der Waals surface area contributed by atoms with E-state index in [0.29, 0.717) is 13.0 Å². The summed E-state index contributed by atoms with van der Waals surface area (Å²) in [6.07, 6.45) is 1.64. The van der Waals surface area contributed by atoms with Crippen LogP contribution in [0, 0.1) is 0 Å². The number of hydrogen-bond donors (Lipinski definition) is 1. The molecule has 2 heterocycles. The number of nitrogens with zero attached hydrogens (tertiary/aromatic N) is 2. The monoisotopic (exact) mass is 339 g/mol. The van der Waals surface area contributed by atoms with Gasteiger partial charge in [-0.05, 0) is 17.7 Å². The molecule has 1 aromatic heterocycles. The second-order valence-electron chi connectivity index (χ2n) is 5.95. The number of nitrogens with one attached hydrogen (secondary N) is 1. The lowest BCUT2D eigenvalue weighted by molar-refractivity contribution is -0.162. The molecule has 1 N–H and O–H groups in total. The number of morpholine rings is 1. The third kappa shape index (κ3) is 4.03. The normalized spacial score (nSPS) is 20.4. The second-order valence-corrected chi connectivity index (χ2v) is 5.95. The van der Waals surface area contributed by atoms with Crippen LogP contribution in [0.3, 0.4) is 0 Å². The summed E-state index contributed by atoms with van der Waals surface area (Å²) in [5, 5.41) is 2.89. The predicted molar refractivity (Wildman–Crippen MR) is 92.6 cm³/mol. The van der Waals surface area contributed by atoms with Gasteiger partial charge in [-0.25, -0.2) is 0 Å². The van der Waals surface area contributed by atoms with Gasteiger partial charge in [-0.2, -0.15) is 0 Å². The highest BCUT2D eigenvalue weighted by Crippen LogP contribution is 2.28. The lowest BCUT2D eigenvalue weighted by atomic mass is 9.97. The zero-order valence-corrected chi connectivity index (χ0v) is 14.1. The topological polar surface area (TPSA) is 71.5 Å². The molecule has 1 saturated heterocycles. The molecular formula is C19H21N3O3. The molecule has 0 bridgehead atoms. The molecule has 1 aliphatic rings. The fourth-order valence-electron chi connectivity index (χ4n) is 2.94. The van der Waals surface area contributed by atoms with Crippen molar-refractivity contribution in [2.24, 2.45) is 0 Å². The first-order chi connectivity index (χ1) is 12.2. The van der Waals surface area contributed by atoms with E-state index in [4.69, 9.17) is 4.74 Å². The van der Waals surface area contributed by atoms with Crippen LogP contribution in [-0.2, 0) is 20.7 Å². The van der Waals surface area contributed by atoms with Crippen molar-refractivity contribution in [1.29, 1.82) is 0 Å². The molecule has 6 heteroatoms. The van der Waals surface area contributed by atoms with Crippen LogP contribution in [0.5, 0.6) is 0 Å². The van der Waals surface area contributed by atoms with Gasteiger partial charge in [0.25, 0.3) is 5.91 Å². The number of pyridine rings is 1. The summed E-state index contributed by atoms with van der Waals surface area (Å²) in [6.45, 7) is 0.382. The van der Waals surface area contributed by atoms with E-state index in [0.717, 1.165) is 11.3 Å². The second kappa shape index (κ2) is 7.90. The van der Waals surface area contributed by atoms with E-state index < -0.39 is 12.1 Å². The maximum atomic E-state index is 12.6. The molecule has 0 unspecified atom stereocenters. The minimum atomic E-state index is -0.728. The van der Waals surface area contributed by atoms with Crippen LogP contribution in [-0.4, -0.2) is 48.0 Å². The Labute approximate surface area is 146 Å². The van der Waals surface area contributed by atoms with Gasteiger partial charge in [0, 0.05) is 31.9 Å². The van der Waals surface area contributed by atoms with Crippen LogP contribution in [0.15, 0.2) is 54.7 Å². The summed E-state index contributed by atoms with van der Waals surface area (Å²) in [6, 6.07) is 14.7. The van der Waals surface area contributed by atoms with E-state index in [2.05, 4.69) is 10.3 Å². The summed E-state index contributed by atoms with van der Waals surface area (Å²) >= 11 is 0. The standard InChI is InChI=1S/C19H21N3O3/c1-22-16(23)13-25-18(17(22)14-7-3-2-4-8-14)19(24)21-12-10-15-9-5-6-11-20-15/h2-9,11,17-18H,10,12-13H2,1H3,(H,21,24)/t17-,18+/m0/s1. The maximum absolute atomic E-state index is 12.6. The Morgan fingerprint density at radius 3 is 2.72 bits per heavy atom. The van der Waals surface area contributed by atoms with Crippen LogP contribution < -0.4 is 5.32 Å². The van der Waals surface area contributed by atoms with Crippen LogP contribution in [0.25, 0.3) is 0 Å². The van der Waals surface area contributed by atoms with E-state index >= 15 is 0 Å². The first-order valence-electron chi connectivity index (χ1n) is 8.26. The van der Waals surface area contributed by atoms with Crippen LogP contribution in [0.1, 0.15) is 17.3 Å². The molecule has 0 aliphatic carbocycles. The number of hydrogen-bond acceptors (Lipinski definition) is 4. The van der Waals surface area contributed by atoms with Gasteiger partial charge in [-0.1, -0.05) is 36.4 Å². The molecule has 2 aromatic rings. The minimum Gasteiger partial charge on any atom is -0.356 e. The van der Waals surface area contributed by atoms with E-state index in [1.54, 1.807) is 18.1 Å². The molecular weight excluding hydrogens is 318 g/mol. The largest absolute Gasteiger partial charge is 0.356 e. The molecule has 0 radical (unpaired) electrons. The first-order valence-corrected chi connectivity index (χ1v) is 8.26. The third-order valence-corrected chi connectivity index (χ3v) is 4.29. The average molecular weight is 339 g/mol. The fraction of sp³-hybridized carbons (Fsp3) is 0.316. The van der Waals surface area contributed by atoms with E-state index in [9.17, 15) is 9.59 Å². The van der Waals surface area contributed by atoms with Gasteiger partial charge in [0.05, 0.1) is 6.04 Å². The molecule has 6 nitrogen and oxygen atoms in total. The zero-order valence-electron chi connectivity index (χ0n) is 14.1. The quantitative estimate of drug-likeness (QED) is 0.892. The number of likely N-dealkylation sites (N-methyl/N-ethyl adjacent to an activating group) is 1. The minimum absolute atomic E-state index is 0.0852. The summed E-state index contributed by atoms with van der Waals surface area (Å²) in [5.41, 5.74) is 1.79. The Kier molecular flexibility index (Phi) is 5.40. The van der Waals surface area contributed by atoms with Gasteiger partial charge in [-0.15, -0.1) is 0 Å². The Hall–Kier alpha value is -2.73. The maximum Gasteiger partial charge on any atom is 0.251 e. The highest BCUT2D eigenvalue weighted by Gasteiger charge is 2.39. The molecule has 0 spiro atoms. The summed E-state index contributed by atoms with van der Waals surface area (Å²) in [5.74, 6) is -0.351. The zero-order chi connectivity index (χ0) is 17.6. The molecule has 1 aliphatic heterocycles. The molecule has 0 saturated carbocycles. The first kappa shape index (κ1) is 17.1. The van der Waals surface area contributed by atoms with Crippen LogP contribution in [0.4, 0.5) is 0 Å². The predicted octanol–water partition coefficient (Wildman–Crippen LogP) is 1.34. The molecule has 1 aromatic carbocycles. The van der Waals surface area contributed by atoms with E-state index in [-0.39, 0.29) is 18.4 Å². The molecule has 130 valence electrons. The Morgan fingerprint density at radius 1 is 1.24 bits per heavy atom. The molecule has 25 heavy (non-hydrogen) atoms. The van der Waals surface area contributed by atoms with Crippen molar-refractivity contribution in [2.75, 3.05) is 20.2 Å². The average Bonchev–Trinajstić information content (AvgIpc) is 2.65. The number of ether oxygens (including phenoxy) is 1. The number of rotatable bonds is 5. The van der Waals surface area contributed by atoms with Crippen molar-refractivity contribution in [2.45, 2.75) is 18.6 Å². The highest BCUT2D eigenvalue weighted by atomic mass is 16.5. The van der Waals surface area contributed by atoms with Gasteiger partial charge in [-0.3, -0.25) is 14.6 Å². The summed E-state index contributed by atoms with van der Waals surface area (Å²) in [4.78, 5) is 30.5. The number of aromatic nitrogens is 1. The number of carbonyl (C=O) groups is 2. The van der Waals surface area contributed by atoms with Crippen molar-refractivity contribution in [3.8, 4) is 0 Å². The Balaban J connectivity index is 1.67. The van der Waals surface area contributed by atoms with Crippen molar-refractivity contribution in [3.05, 3.63) is 66.0 Å². The molecule has 3 rings (SSSR count). The summed E-state index contributed by atoms with van der Waals surface area (Å²) < 4.78 is 5.57. The van der Waals surface area contributed by atoms with Gasteiger partial charge in [0.15, 0.2) is 6.10 Å². The Bertz CT molecular complexity index is 721. The van der Waals surface area contributed by atoms with E-state index in [1.165, 1.54) is 0 Å². The Morgan fingerprint density at radius 2 is 2.00 bits per heavy atom. The molecule has 2 amide bonds. The van der Waals surface area contributed by atoms with Gasteiger partial charge < -0.3 is 15.0 Å². The van der Waals surface area contributed by atoms with Crippen molar-refractivity contribution in [1.82, 2.24) is 15.2 Å². The van der Waals surface area contributed by atoms with Crippen molar-refractivity contribution >= 4 is 11.8 Å². The number of amides is 2. The molecule has 2 atom stereocenters.